The molecule has 27 heavy (non-hydrogen) atoms. The second kappa shape index (κ2) is 11.7. The molecule has 0 unspecified atom stereocenters. The maximum Gasteiger partial charge on any atom is 0.0462 e. The normalized spacial score (nSPS) is 16.0. The quantitative estimate of drug-likeness (QED) is 0.337. The third-order valence-electron chi connectivity index (χ3n) is 3.98. The molecule has 0 bridgehead atoms. The van der Waals surface area contributed by atoms with Crippen molar-refractivity contribution < 1.29 is 0 Å². The summed E-state index contributed by atoms with van der Waals surface area (Å²) in [7, 11) is 0. The highest BCUT2D eigenvalue weighted by molar-refractivity contribution is 9.12. The monoisotopic (exact) mass is 551 g/mol. The molecule has 0 spiro atoms. The predicted octanol–water partition coefficient (Wildman–Crippen LogP) is 8.57. The highest BCUT2D eigenvalue weighted by atomic mass is 79.9. The molecule has 1 nitrogen and oxygen atoms in total. The molecule has 0 radical (unpaired) electrons. The molecule has 0 N–H and O–H groups in total. The van der Waals surface area contributed by atoms with Gasteiger partial charge < -0.3 is 4.90 Å². The number of benzene rings is 1. The highest BCUT2D eigenvalue weighted by Gasteiger charge is 2.15. The van der Waals surface area contributed by atoms with Crippen LogP contribution < -0.4 is 4.90 Å². The van der Waals surface area contributed by atoms with Gasteiger partial charge in [0.1, 0.15) is 0 Å². The lowest BCUT2D eigenvalue weighted by molar-refractivity contribution is 1.12. The second-order valence-electron chi connectivity index (χ2n) is 5.76. The lowest BCUT2D eigenvalue weighted by Crippen LogP contribution is -2.19. The largest absolute Gasteiger partial charge is 0.311 e. The Morgan fingerprint density at radius 3 is 2.33 bits per heavy atom. The fourth-order valence-electron chi connectivity index (χ4n) is 2.70. The summed E-state index contributed by atoms with van der Waals surface area (Å²) < 4.78 is 2.19. The average molecular weight is 554 g/mol. The maximum atomic E-state index is 3.58. The van der Waals surface area contributed by atoms with Crippen molar-refractivity contribution in [2.75, 3.05) is 10.2 Å². The zero-order valence-electron chi connectivity index (χ0n) is 15.6. The first-order valence-corrected chi connectivity index (χ1v) is 11.8. The summed E-state index contributed by atoms with van der Waals surface area (Å²) in [5.74, 6) is 0. The van der Waals surface area contributed by atoms with E-state index in [1.807, 2.05) is 13.8 Å². The highest BCUT2D eigenvalue weighted by Crippen LogP contribution is 2.30. The van der Waals surface area contributed by atoms with Gasteiger partial charge in [-0.05, 0) is 61.4 Å². The minimum absolute atomic E-state index is 0.898. The van der Waals surface area contributed by atoms with Crippen LogP contribution in [-0.4, -0.2) is 5.33 Å². The topological polar surface area (TPSA) is 3.24 Å². The zero-order chi connectivity index (χ0) is 19.6. The van der Waals surface area contributed by atoms with E-state index in [9.17, 15) is 0 Å². The fourth-order valence-corrected chi connectivity index (χ4v) is 3.70. The minimum atomic E-state index is 0.898. The number of alkyl halides is 1. The third kappa shape index (κ3) is 6.48. The number of allylic oxidation sites excluding steroid dienone is 10. The van der Waals surface area contributed by atoms with Crippen LogP contribution >= 0.6 is 47.8 Å². The molecule has 1 aromatic carbocycles. The Kier molecular flexibility index (Phi) is 9.60. The van der Waals surface area contributed by atoms with Gasteiger partial charge in [-0.2, -0.15) is 0 Å². The molecule has 0 saturated heterocycles. The molecule has 2 aliphatic rings. The van der Waals surface area contributed by atoms with Gasteiger partial charge in [0.05, 0.1) is 0 Å². The maximum absolute atomic E-state index is 3.58. The lowest BCUT2D eigenvalue weighted by atomic mass is 10.2. The van der Waals surface area contributed by atoms with Crippen LogP contribution in [0.5, 0.6) is 0 Å². The molecule has 4 heteroatoms. The Balaban J connectivity index is 0.00000126. The predicted molar refractivity (Wildman–Crippen MR) is 131 cm³/mol. The molecule has 0 fully saturated rings. The van der Waals surface area contributed by atoms with Gasteiger partial charge in [-0.3, -0.25) is 0 Å². The fraction of sp³-hybridized carbons (Fsp3) is 0.217. The van der Waals surface area contributed by atoms with Crippen LogP contribution in [0.25, 0.3) is 0 Å². The van der Waals surface area contributed by atoms with Crippen LogP contribution in [0.3, 0.4) is 0 Å². The number of anilines is 1. The minimum Gasteiger partial charge on any atom is -0.311 e. The Morgan fingerprint density at radius 1 is 0.889 bits per heavy atom. The van der Waals surface area contributed by atoms with E-state index < -0.39 is 0 Å². The van der Waals surface area contributed by atoms with Gasteiger partial charge >= 0.3 is 0 Å². The van der Waals surface area contributed by atoms with Crippen LogP contribution in [0.4, 0.5) is 5.69 Å². The van der Waals surface area contributed by atoms with Crippen molar-refractivity contribution >= 4 is 53.5 Å². The average Bonchev–Trinajstić information content (AvgIpc) is 3.06. The van der Waals surface area contributed by atoms with E-state index in [1.165, 1.54) is 11.3 Å². The standard InChI is InChI=1S/C21H18Br3N.C2H6/c22-15-16-3-1-5-19(11-7-16)25(21-13-9-18(24)10-14-21)20-6-2-4-17(23)8-12-20;1-2/h1,4-14H,2-3,15H2;1-2H3. The molecule has 0 aromatic heterocycles. The van der Waals surface area contributed by atoms with E-state index in [0.717, 1.165) is 38.5 Å². The van der Waals surface area contributed by atoms with E-state index in [-0.39, 0.29) is 0 Å². The first kappa shape index (κ1) is 22.2. The molecule has 2 aliphatic carbocycles. The van der Waals surface area contributed by atoms with Gasteiger partial charge in [0, 0.05) is 31.4 Å². The number of hydrogen-bond donors (Lipinski definition) is 0. The van der Waals surface area contributed by atoms with Gasteiger partial charge in [0.15, 0.2) is 0 Å². The van der Waals surface area contributed by atoms with E-state index in [0.29, 0.717) is 0 Å². The summed E-state index contributed by atoms with van der Waals surface area (Å²) in [6, 6.07) is 8.44. The van der Waals surface area contributed by atoms with E-state index in [1.54, 1.807) is 0 Å². The van der Waals surface area contributed by atoms with Gasteiger partial charge in [0.25, 0.3) is 0 Å². The van der Waals surface area contributed by atoms with Crippen molar-refractivity contribution in [3.8, 4) is 0 Å². The SMILES string of the molecule is BrCC1=CC=C(N(C2=CCC=C(Br)C=C2)c2ccc(Br)cc2)C=CC1.CC. The summed E-state index contributed by atoms with van der Waals surface area (Å²) in [5, 5.41) is 0.902. The van der Waals surface area contributed by atoms with Crippen molar-refractivity contribution in [3.05, 3.63) is 98.8 Å². The zero-order valence-corrected chi connectivity index (χ0v) is 20.4. The molecule has 0 amide bonds. The van der Waals surface area contributed by atoms with Crippen LogP contribution in [-0.2, 0) is 0 Å². The van der Waals surface area contributed by atoms with Crippen molar-refractivity contribution in [1.29, 1.82) is 0 Å². The molecule has 0 aliphatic heterocycles. The molecule has 3 rings (SSSR count). The molecule has 0 heterocycles. The number of hydrogen-bond acceptors (Lipinski definition) is 1. The summed E-state index contributed by atoms with van der Waals surface area (Å²) >= 11 is 10.7. The number of rotatable bonds is 4. The van der Waals surface area contributed by atoms with E-state index in [2.05, 4.69) is 126 Å². The summed E-state index contributed by atoms with van der Waals surface area (Å²) in [4.78, 5) is 2.30. The molecule has 0 atom stereocenters. The van der Waals surface area contributed by atoms with Gasteiger partial charge in [-0.25, -0.2) is 0 Å². The smallest absolute Gasteiger partial charge is 0.0462 e. The Labute approximate surface area is 188 Å². The third-order valence-corrected chi connectivity index (χ3v) is 5.82. The molecular formula is C23H24Br3N. The van der Waals surface area contributed by atoms with Crippen molar-refractivity contribution in [2.45, 2.75) is 26.7 Å². The Morgan fingerprint density at radius 2 is 1.63 bits per heavy atom. The van der Waals surface area contributed by atoms with Gasteiger partial charge in [-0.15, -0.1) is 0 Å². The summed E-state index contributed by atoms with van der Waals surface area (Å²) in [6.07, 6.45) is 19.4. The number of halogens is 3. The molecule has 142 valence electrons. The van der Waals surface area contributed by atoms with Gasteiger partial charge in [0.2, 0.25) is 0 Å². The molecule has 0 saturated carbocycles. The first-order valence-electron chi connectivity index (χ1n) is 9.09. The second-order valence-corrected chi connectivity index (χ2v) is 8.15. The van der Waals surface area contributed by atoms with Crippen molar-refractivity contribution in [3.63, 3.8) is 0 Å². The molecule has 1 aromatic rings. The first-order chi connectivity index (χ1) is 13.2. The van der Waals surface area contributed by atoms with Crippen LogP contribution in [0.2, 0.25) is 0 Å². The molecular weight excluding hydrogens is 530 g/mol. The van der Waals surface area contributed by atoms with Crippen LogP contribution in [0.1, 0.15) is 26.7 Å². The van der Waals surface area contributed by atoms with Crippen molar-refractivity contribution in [2.24, 2.45) is 0 Å². The van der Waals surface area contributed by atoms with E-state index in [4.69, 9.17) is 0 Å². The van der Waals surface area contributed by atoms with E-state index >= 15 is 0 Å². The summed E-state index contributed by atoms with van der Waals surface area (Å²) in [6.45, 7) is 4.00. The van der Waals surface area contributed by atoms with Crippen molar-refractivity contribution in [1.82, 2.24) is 0 Å². The van der Waals surface area contributed by atoms with Gasteiger partial charge in [-0.1, -0.05) is 91.5 Å². The van der Waals surface area contributed by atoms with Crippen LogP contribution in [0.15, 0.2) is 98.8 Å². The number of nitrogens with zero attached hydrogens (tertiary/aromatic N) is 1. The summed E-state index contributed by atoms with van der Waals surface area (Å²) in [5.41, 5.74) is 4.84. The Bertz CT molecular complexity index is 809. The Hall–Kier alpha value is -1.10. The van der Waals surface area contributed by atoms with Crippen LogP contribution in [0, 0.1) is 0 Å². The lowest BCUT2D eigenvalue weighted by Gasteiger charge is -2.27.